The van der Waals surface area contributed by atoms with E-state index in [0.29, 0.717) is 23.0 Å². The summed E-state index contributed by atoms with van der Waals surface area (Å²) in [6.07, 6.45) is 0. The predicted octanol–water partition coefficient (Wildman–Crippen LogP) is 4.26. The summed E-state index contributed by atoms with van der Waals surface area (Å²) in [4.78, 5) is 20.3. The molecule has 2 N–H and O–H groups in total. The van der Waals surface area contributed by atoms with Crippen molar-refractivity contribution in [2.75, 3.05) is 19.0 Å². The zero-order chi connectivity index (χ0) is 19.3. The monoisotopic (exact) mass is 373 g/mol. The Morgan fingerprint density at radius 2 is 1.68 bits per heavy atom. The lowest BCUT2D eigenvalue weighted by atomic mass is 10.1. The highest BCUT2D eigenvalue weighted by molar-refractivity contribution is 5.96. The maximum absolute atomic E-state index is 12.4. The molecule has 1 heterocycles. The maximum atomic E-state index is 12.4. The van der Waals surface area contributed by atoms with E-state index in [2.05, 4.69) is 15.3 Å². The minimum Gasteiger partial charge on any atom is -0.493 e. The van der Waals surface area contributed by atoms with E-state index in [1.807, 2.05) is 60.7 Å². The minimum absolute atomic E-state index is 0.130. The third-order valence-electron chi connectivity index (χ3n) is 4.27. The number of H-pyrrole nitrogens is 1. The van der Waals surface area contributed by atoms with E-state index in [1.165, 1.54) is 0 Å². The van der Waals surface area contributed by atoms with Crippen LogP contribution in [-0.4, -0.2) is 29.6 Å². The number of ether oxygens (including phenoxy) is 2. The largest absolute Gasteiger partial charge is 0.493 e. The number of amides is 1. The number of hydrogen-bond acceptors (Lipinski definition) is 4. The van der Waals surface area contributed by atoms with Crippen molar-refractivity contribution < 1.29 is 14.3 Å². The van der Waals surface area contributed by atoms with Crippen LogP contribution in [0.5, 0.6) is 11.5 Å². The second kappa shape index (κ2) is 7.84. The second-order valence-corrected chi connectivity index (χ2v) is 6.14. The van der Waals surface area contributed by atoms with E-state index in [0.717, 1.165) is 16.6 Å². The van der Waals surface area contributed by atoms with Crippen molar-refractivity contribution >= 4 is 22.6 Å². The molecule has 0 atom stereocenters. The smallest absolute Gasteiger partial charge is 0.262 e. The molecule has 0 saturated carbocycles. The Bertz CT molecular complexity index is 1090. The molecule has 0 saturated heterocycles. The predicted molar refractivity (Wildman–Crippen MR) is 109 cm³/mol. The molecule has 0 fully saturated rings. The zero-order valence-electron chi connectivity index (χ0n) is 15.3. The number of aromatic amines is 1. The van der Waals surface area contributed by atoms with Gasteiger partial charge in [0.2, 0.25) is 0 Å². The molecule has 6 nitrogen and oxygen atoms in total. The summed E-state index contributed by atoms with van der Waals surface area (Å²) in [6.45, 7) is -0.130. The summed E-state index contributed by atoms with van der Waals surface area (Å²) in [6, 6.07) is 22.5. The zero-order valence-corrected chi connectivity index (χ0v) is 15.3. The van der Waals surface area contributed by atoms with E-state index < -0.39 is 0 Å². The molecule has 0 spiro atoms. The number of aromatic nitrogens is 2. The van der Waals surface area contributed by atoms with Crippen LogP contribution in [0.4, 0.5) is 5.69 Å². The quantitative estimate of drug-likeness (QED) is 0.530. The van der Waals surface area contributed by atoms with Crippen LogP contribution >= 0.6 is 0 Å². The van der Waals surface area contributed by atoms with E-state index in [4.69, 9.17) is 9.47 Å². The highest BCUT2D eigenvalue weighted by atomic mass is 16.5. The normalized spacial score (nSPS) is 10.6. The summed E-state index contributed by atoms with van der Waals surface area (Å²) < 4.78 is 10.8. The Morgan fingerprint density at radius 3 is 2.50 bits per heavy atom. The lowest BCUT2D eigenvalue weighted by Crippen LogP contribution is -2.20. The Hall–Kier alpha value is -3.80. The highest BCUT2D eigenvalue weighted by Crippen LogP contribution is 2.28. The van der Waals surface area contributed by atoms with Crippen LogP contribution in [0.3, 0.4) is 0 Å². The Labute approximate surface area is 162 Å². The molecule has 6 heteroatoms. The van der Waals surface area contributed by atoms with Gasteiger partial charge in [-0.05, 0) is 36.4 Å². The van der Waals surface area contributed by atoms with Crippen molar-refractivity contribution in [3.05, 3.63) is 72.8 Å². The van der Waals surface area contributed by atoms with Crippen molar-refractivity contribution in [3.63, 3.8) is 0 Å². The van der Waals surface area contributed by atoms with Crippen molar-refractivity contribution in [1.82, 2.24) is 9.97 Å². The highest BCUT2D eigenvalue weighted by Gasteiger charge is 2.13. The lowest BCUT2D eigenvalue weighted by Gasteiger charge is -2.12. The standard InChI is InChI=1S/C22H19N3O3/c1-27-19-12-6-7-13-20(19)28-14-21(26)23-16-9-3-2-8-15(16)22-24-17-10-4-5-11-18(17)25-22/h2-13H,14H2,1H3,(H,23,26)(H,24,25). The molecule has 0 radical (unpaired) electrons. The van der Waals surface area contributed by atoms with Gasteiger partial charge in [-0.25, -0.2) is 4.98 Å². The number of carbonyl (C=O) groups is 1. The van der Waals surface area contributed by atoms with Crippen LogP contribution in [0, 0.1) is 0 Å². The lowest BCUT2D eigenvalue weighted by molar-refractivity contribution is -0.118. The van der Waals surface area contributed by atoms with E-state index in [9.17, 15) is 4.79 Å². The van der Waals surface area contributed by atoms with Crippen LogP contribution in [0.25, 0.3) is 22.4 Å². The fourth-order valence-electron chi connectivity index (χ4n) is 2.95. The van der Waals surface area contributed by atoms with Gasteiger partial charge in [0.25, 0.3) is 5.91 Å². The molecule has 1 aromatic heterocycles. The van der Waals surface area contributed by atoms with Crippen LogP contribution < -0.4 is 14.8 Å². The Morgan fingerprint density at radius 1 is 0.964 bits per heavy atom. The van der Waals surface area contributed by atoms with Crippen LogP contribution in [0.1, 0.15) is 0 Å². The van der Waals surface area contributed by atoms with E-state index in [1.54, 1.807) is 19.2 Å². The van der Waals surface area contributed by atoms with Gasteiger partial charge in [0, 0.05) is 5.56 Å². The average molecular weight is 373 g/mol. The molecule has 4 aromatic rings. The Kier molecular flexibility index (Phi) is 4.93. The van der Waals surface area contributed by atoms with Gasteiger partial charge < -0.3 is 19.8 Å². The SMILES string of the molecule is COc1ccccc1OCC(=O)Nc1ccccc1-c1nc2ccccc2[nH]1. The first-order valence-corrected chi connectivity index (χ1v) is 8.84. The fourth-order valence-corrected chi connectivity index (χ4v) is 2.95. The first kappa shape index (κ1) is 17.6. The summed E-state index contributed by atoms with van der Waals surface area (Å²) in [5.41, 5.74) is 3.29. The van der Waals surface area contributed by atoms with Gasteiger partial charge in [0.1, 0.15) is 5.82 Å². The number of methoxy groups -OCH3 is 1. The van der Waals surface area contributed by atoms with Crippen LogP contribution in [0.2, 0.25) is 0 Å². The molecule has 0 aliphatic carbocycles. The molecule has 28 heavy (non-hydrogen) atoms. The number of nitrogens with one attached hydrogen (secondary N) is 2. The van der Waals surface area contributed by atoms with Gasteiger partial charge in [0.15, 0.2) is 18.1 Å². The first-order chi connectivity index (χ1) is 13.7. The summed E-state index contributed by atoms with van der Waals surface area (Å²) in [7, 11) is 1.56. The number of fused-ring (bicyclic) bond motifs is 1. The van der Waals surface area contributed by atoms with Gasteiger partial charge in [-0.2, -0.15) is 0 Å². The number of imidazole rings is 1. The first-order valence-electron chi connectivity index (χ1n) is 8.84. The maximum Gasteiger partial charge on any atom is 0.262 e. The molecule has 0 aliphatic rings. The van der Waals surface area contributed by atoms with Crippen molar-refractivity contribution in [2.45, 2.75) is 0 Å². The van der Waals surface area contributed by atoms with E-state index >= 15 is 0 Å². The third kappa shape index (κ3) is 3.66. The van der Waals surface area contributed by atoms with E-state index in [-0.39, 0.29) is 12.5 Å². The number of hydrogen-bond donors (Lipinski definition) is 2. The molecule has 140 valence electrons. The van der Waals surface area contributed by atoms with Gasteiger partial charge in [-0.15, -0.1) is 0 Å². The van der Waals surface area contributed by atoms with Gasteiger partial charge in [-0.3, -0.25) is 4.79 Å². The number of para-hydroxylation sites is 5. The van der Waals surface area contributed by atoms with Crippen LogP contribution in [0.15, 0.2) is 72.8 Å². The third-order valence-corrected chi connectivity index (χ3v) is 4.27. The van der Waals surface area contributed by atoms with Crippen LogP contribution in [-0.2, 0) is 4.79 Å². The van der Waals surface area contributed by atoms with Gasteiger partial charge in [0.05, 0.1) is 23.8 Å². The molecular weight excluding hydrogens is 354 g/mol. The molecule has 1 amide bonds. The topological polar surface area (TPSA) is 76.2 Å². The molecule has 0 aliphatic heterocycles. The number of anilines is 1. The molecular formula is C22H19N3O3. The van der Waals surface area contributed by atoms with Crippen molar-refractivity contribution in [3.8, 4) is 22.9 Å². The van der Waals surface area contributed by atoms with Gasteiger partial charge >= 0.3 is 0 Å². The summed E-state index contributed by atoms with van der Waals surface area (Å²) in [5, 5.41) is 2.90. The Balaban J connectivity index is 1.51. The van der Waals surface area contributed by atoms with Gasteiger partial charge in [-0.1, -0.05) is 36.4 Å². The molecule has 3 aromatic carbocycles. The summed E-state index contributed by atoms with van der Waals surface area (Å²) in [5.74, 6) is 1.53. The number of carbonyl (C=O) groups excluding carboxylic acids is 1. The number of nitrogens with zero attached hydrogens (tertiary/aromatic N) is 1. The van der Waals surface area contributed by atoms with Crippen molar-refractivity contribution in [2.24, 2.45) is 0 Å². The van der Waals surface area contributed by atoms with Crippen molar-refractivity contribution in [1.29, 1.82) is 0 Å². The number of benzene rings is 3. The molecule has 0 unspecified atom stereocenters. The average Bonchev–Trinajstić information content (AvgIpc) is 3.17. The fraction of sp³-hybridized carbons (Fsp3) is 0.0909. The molecule has 4 rings (SSSR count). The number of rotatable bonds is 6. The second-order valence-electron chi connectivity index (χ2n) is 6.14. The molecule has 0 bridgehead atoms. The minimum atomic E-state index is -0.269. The summed E-state index contributed by atoms with van der Waals surface area (Å²) >= 11 is 0.